The quantitative estimate of drug-likeness (QED) is 0.428. The number of rotatable bonds is 11. The van der Waals surface area contributed by atoms with Gasteiger partial charge in [0.2, 0.25) is 5.91 Å². The molecule has 0 heterocycles. The zero-order chi connectivity index (χ0) is 13.8. The molecule has 2 nitrogen and oxygen atoms in total. The fourth-order valence-electron chi connectivity index (χ4n) is 1.91. The van der Waals surface area contributed by atoms with E-state index in [1.165, 1.54) is 44.9 Å². The van der Waals surface area contributed by atoms with Gasteiger partial charge in [0, 0.05) is 11.6 Å². The van der Waals surface area contributed by atoms with Gasteiger partial charge in [-0.2, -0.15) is 0 Å². The topological polar surface area (TPSA) is 29.1 Å². The molecule has 0 fully saturated rings. The largest absolute Gasteiger partial charge is 0.350 e. The van der Waals surface area contributed by atoms with Crippen molar-refractivity contribution in [2.75, 3.05) is 0 Å². The van der Waals surface area contributed by atoms with Crippen molar-refractivity contribution < 1.29 is 4.79 Å². The second kappa shape index (κ2) is 11.3. The number of unbranched alkanes of at least 4 members (excludes halogenated alkanes) is 7. The summed E-state index contributed by atoms with van der Waals surface area (Å²) < 4.78 is 0. The van der Waals surface area contributed by atoms with Gasteiger partial charge in [-0.3, -0.25) is 4.79 Å². The van der Waals surface area contributed by atoms with Gasteiger partial charge in [-0.25, -0.2) is 0 Å². The van der Waals surface area contributed by atoms with Crippen LogP contribution in [0.25, 0.3) is 0 Å². The molecule has 2 heteroatoms. The molecule has 0 rings (SSSR count). The fraction of sp³-hybridized carbons (Fsp3) is 0.750. The molecule has 0 saturated heterocycles. The highest BCUT2D eigenvalue weighted by molar-refractivity contribution is 5.92. The van der Waals surface area contributed by atoms with Gasteiger partial charge in [0.05, 0.1) is 0 Å². The van der Waals surface area contributed by atoms with Gasteiger partial charge in [-0.05, 0) is 20.3 Å². The fourth-order valence-corrected chi connectivity index (χ4v) is 1.91. The maximum Gasteiger partial charge on any atom is 0.246 e. The lowest BCUT2D eigenvalue weighted by molar-refractivity contribution is -0.117. The molecule has 0 aliphatic heterocycles. The molecule has 1 unspecified atom stereocenters. The highest BCUT2D eigenvalue weighted by Gasteiger charge is 2.06. The monoisotopic (exact) mass is 252 g/mol. The Morgan fingerprint density at radius 2 is 1.56 bits per heavy atom. The third-order valence-corrected chi connectivity index (χ3v) is 3.13. The number of carbonyl (C=O) groups excluding carboxylic acids is 1. The first-order valence-corrected chi connectivity index (χ1v) is 7.37. The standard InChI is InChI=1S/C16H30NO/c1-5-6-7-8-9-10-11-12-13-15(4)17-16(18)14(2)3/h15H,2,4-13H2,1,3H3,(H,17,18). The Balaban J connectivity index is 3.32. The van der Waals surface area contributed by atoms with Crippen molar-refractivity contribution in [1.82, 2.24) is 5.32 Å². The van der Waals surface area contributed by atoms with Crippen LogP contribution in [-0.4, -0.2) is 11.9 Å². The highest BCUT2D eigenvalue weighted by atomic mass is 16.1. The molecule has 1 radical (unpaired) electrons. The molecule has 0 aromatic heterocycles. The van der Waals surface area contributed by atoms with Gasteiger partial charge < -0.3 is 5.32 Å². The SMILES string of the molecule is [CH2]C(CCCCCCCCCC)NC(=O)C(=C)C. The van der Waals surface area contributed by atoms with E-state index in [0.717, 1.165) is 12.8 Å². The molecule has 0 aliphatic rings. The summed E-state index contributed by atoms with van der Waals surface area (Å²) in [5, 5.41) is 2.85. The van der Waals surface area contributed by atoms with E-state index in [2.05, 4.69) is 25.7 Å². The summed E-state index contributed by atoms with van der Waals surface area (Å²) in [5.41, 5.74) is 0.555. The molecule has 0 aliphatic carbocycles. The first-order valence-electron chi connectivity index (χ1n) is 7.37. The predicted octanol–water partition coefficient (Wildman–Crippen LogP) is 4.41. The van der Waals surface area contributed by atoms with Crippen molar-refractivity contribution in [2.24, 2.45) is 0 Å². The summed E-state index contributed by atoms with van der Waals surface area (Å²) in [6.07, 6.45) is 11.5. The second-order valence-electron chi connectivity index (χ2n) is 5.21. The Kier molecular flexibility index (Phi) is 10.8. The lowest BCUT2D eigenvalue weighted by atomic mass is 10.1. The number of nitrogens with one attached hydrogen (secondary N) is 1. The summed E-state index contributed by atoms with van der Waals surface area (Å²) in [7, 11) is 0. The molecule has 105 valence electrons. The average Bonchev–Trinajstić information content (AvgIpc) is 2.32. The summed E-state index contributed by atoms with van der Waals surface area (Å²) in [6, 6.07) is 0.0225. The maximum atomic E-state index is 11.3. The third kappa shape index (κ3) is 10.4. The van der Waals surface area contributed by atoms with Gasteiger partial charge in [-0.15, -0.1) is 0 Å². The molecule has 0 aromatic carbocycles. The molecule has 0 spiro atoms. The van der Waals surface area contributed by atoms with Crippen molar-refractivity contribution in [1.29, 1.82) is 0 Å². The van der Waals surface area contributed by atoms with Gasteiger partial charge in [0.1, 0.15) is 0 Å². The lowest BCUT2D eigenvalue weighted by Crippen LogP contribution is -2.32. The molecule has 0 bridgehead atoms. The zero-order valence-corrected chi connectivity index (χ0v) is 12.3. The van der Waals surface area contributed by atoms with Crippen molar-refractivity contribution in [3.8, 4) is 0 Å². The molecule has 1 atom stereocenters. The highest BCUT2D eigenvalue weighted by Crippen LogP contribution is 2.10. The Labute approximate surface area is 113 Å². The van der Waals surface area contributed by atoms with Crippen LogP contribution in [0.1, 0.15) is 71.6 Å². The van der Waals surface area contributed by atoms with Gasteiger partial charge in [0.25, 0.3) is 0 Å². The Hall–Kier alpha value is -0.790. The van der Waals surface area contributed by atoms with Gasteiger partial charge >= 0.3 is 0 Å². The molecule has 1 amide bonds. The van der Waals surface area contributed by atoms with Crippen LogP contribution in [0.2, 0.25) is 0 Å². The van der Waals surface area contributed by atoms with Crippen LogP contribution in [0.3, 0.4) is 0 Å². The van der Waals surface area contributed by atoms with Crippen molar-refractivity contribution in [3.05, 3.63) is 19.1 Å². The van der Waals surface area contributed by atoms with Crippen LogP contribution >= 0.6 is 0 Å². The molecular formula is C16H30NO. The van der Waals surface area contributed by atoms with E-state index < -0.39 is 0 Å². The number of hydrogen-bond donors (Lipinski definition) is 1. The van der Waals surface area contributed by atoms with Gasteiger partial charge in [-0.1, -0.05) is 64.9 Å². The van der Waals surface area contributed by atoms with Crippen LogP contribution in [0, 0.1) is 6.92 Å². The van der Waals surface area contributed by atoms with E-state index in [9.17, 15) is 4.79 Å². The summed E-state index contributed by atoms with van der Waals surface area (Å²) in [5.74, 6) is -0.0745. The van der Waals surface area contributed by atoms with E-state index in [1.807, 2.05) is 0 Å². The summed E-state index contributed by atoms with van der Waals surface area (Å²) >= 11 is 0. The Bertz CT molecular complexity index is 235. The maximum absolute atomic E-state index is 11.3. The Morgan fingerprint density at radius 1 is 1.06 bits per heavy atom. The number of hydrogen-bond acceptors (Lipinski definition) is 1. The average molecular weight is 252 g/mol. The minimum absolute atomic E-state index is 0.0225. The number of carbonyl (C=O) groups is 1. The first-order chi connectivity index (χ1) is 8.57. The second-order valence-corrected chi connectivity index (χ2v) is 5.21. The summed E-state index contributed by atoms with van der Waals surface area (Å²) in [4.78, 5) is 11.3. The molecule has 0 saturated carbocycles. The van der Waals surface area contributed by atoms with Crippen LogP contribution in [0.4, 0.5) is 0 Å². The Morgan fingerprint density at radius 3 is 2.06 bits per heavy atom. The van der Waals surface area contributed by atoms with E-state index >= 15 is 0 Å². The van der Waals surface area contributed by atoms with Crippen LogP contribution in [0.15, 0.2) is 12.2 Å². The minimum atomic E-state index is -0.0745. The van der Waals surface area contributed by atoms with Gasteiger partial charge in [0.15, 0.2) is 0 Å². The summed E-state index contributed by atoms with van der Waals surface area (Å²) in [6.45, 7) is 11.5. The van der Waals surface area contributed by atoms with E-state index in [0.29, 0.717) is 5.57 Å². The normalized spacial score (nSPS) is 12.2. The smallest absolute Gasteiger partial charge is 0.246 e. The van der Waals surface area contributed by atoms with Crippen molar-refractivity contribution >= 4 is 5.91 Å². The van der Waals surface area contributed by atoms with Crippen LogP contribution in [0.5, 0.6) is 0 Å². The lowest BCUT2D eigenvalue weighted by Gasteiger charge is -2.13. The first kappa shape index (κ1) is 17.2. The van der Waals surface area contributed by atoms with E-state index in [4.69, 9.17) is 0 Å². The van der Waals surface area contributed by atoms with Crippen LogP contribution in [-0.2, 0) is 4.79 Å². The molecule has 1 N–H and O–H groups in total. The number of amides is 1. The van der Waals surface area contributed by atoms with E-state index in [1.54, 1.807) is 6.92 Å². The molecule has 18 heavy (non-hydrogen) atoms. The van der Waals surface area contributed by atoms with Crippen molar-refractivity contribution in [3.63, 3.8) is 0 Å². The molecular weight excluding hydrogens is 222 g/mol. The van der Waals surface area contributed by atoms with Crippen LogP contribution < -0.4 is 5.32 Å². The third-order valence-electron chi connectivity index (χ3n) is 3.13. The van der Waals surface area contributed by atoms with E-state index in [-0.39, 0.29) is 11.9 Å². The predicted molar refractivity (Wildman–Crippen MR) is 79.3 cm³/mol. The zero-order valence-electron chi connectivity index (χ0n) is 12.3. The molecule has 0 aromatic rings. The minimum Gasteiger partial charge on any atom is -0.350 e. The van der Waals surface area contributed by atoms with Crippen molar-refractivity contribution in [2.45, 2.75) is 77.7 Å².